The van der Waals surface area contributed by atoms with Gasteiger partial charge in [0.05, 0.1) is 7.11 Å². The Morgan fingerprint density at radius 2 is 1.85 bits per heavy atom. The fraction of sp³-hybridized carbons (Fsp3) is 0.667. The van der Waals surface area contributed by atoms with Gasteiger partial charge in [-0.1, -0.05) is 44.4 Å². The summed E-state index contributed by atoms with van der Waals surface area (Å²) in [7, 11) is 1.78. The molecule has 0 saturated heterocycles. The van der Waals surface area contributed by atoms with Crippen LogP contribution in [0.1, 0.15) is 44.6 Å². The Hall–Kier alpha value is -1.02. The zero-order valence-corrected chi connectivity index (χ0v) is 13.0. The highest BCUT2D eigenvalue weighted by atomic mass is 16.5. The number of hydrogen-bond acceptors (Lipinski definition) is 2. The van der Waals surface area contributed by atoms with Gasteiger partial charge in [0.2, 0.25) is 0 Å². The second kappa shape index (κ2) is 8.31. The first-order valence-corrected chi connectivity index (χ1v) is 8.17. The van der Waals surface area contributed by atoms with Crippen LogP contribution in [0.2, 0.25) is 0 Å². The standard InChI is InChI=1S/C18H29NO/c1-3-19-14-17-11-6-4-5-9-15(17)13-16-10-7-8-12-18(16)20-2/h7-8,10,12,15,17,19H,3-6,9,11,13-14H2,1-2H3. The summed E-state index contributed by atoms with van der Waals surface area (Å²) in [5, 5.41) is 3.56. The highest BCUT2D eigenvalue weighted by molar-refractivity contribution is 5.33. The molecule has 0 amide bonds. The highest BCUT2D eigenvalue weighted by Gasteiger charge is 2.24. The van der Waals surface area contributed by atoms with Gasteiger partial charge >= 0.3 is 0 Å². The molecule has 112 valence electrons. The fourth-order valence-electron chi connectivity index (χ4n) is 3.48. The van der Waals surface area contributed by atoms with E-state index < -0.39 is 0 Å². The van der Waals surface area contributed by atoms with Crippen molar-refractivity contribution in [3.8, 4) is 5.75 Å². The third kappa shape index (κ3) is 4.24. The smallest absolute Gasteiger partial charge is 0.122 e. The molecule has 2 nitrogen and oxygen atoms in total. The van der Waals surface area contributed by atoms with E-state index in [-0.39, 0.29) is 0 Å². The Morgan fingerprint density at radius 1 is 1.10 bits per heavy atom. The van der Waals surface area contributed by atoms with E-state index in [9.17, 15) is 0 Å². The number of rotatable bonds is 6. The second-order valence-electron chi connectivity index (χ2n) is 5.98. The van der Waals surface area contributed by atoms with Crippen LogP contribution >= 0.6 is 0 Å². The van der Waals surface area contributed by atoms with Crippen LogP contribution in [-0.2, 0) is 6.42 Å². The lowest BCUT2D eigenvalue weighted by Crippen LogP contribution is -2.28. The first-order valence-electron chi connectivity index (χ1n) is 8.17. The number of hydrogen-bond donors (Lipinski definition) is 1. The van der Waals surface area contributed by atoms with Crippen LogP contribution in [0.4, 0.5) is 0 Å². The maximum atomic E-state index is 5.52. The SMILES string of the molecule is CCNCC1CCCCCC1Cc1ccccc1OC. The molecule has 1 aromatic rings. The first-order chi connectivity index (χ1) is 9.85. The van der Waals surface area contributed by atoms with E-state index in [0.29, 0.717) is 0 Å². The molecular weight excluding hydrogens is 246 g/mol. The van der Waals surface area contributed by atoms with Crippen LogP contribution in [0.25, 0.3) is 0 Å². The number of nitrogens with one attached hydrogen (secondary N) is 1. The van der Waals surface area contributed by atoms with Gasteiger partial charge in [-0.3, -0.25) is 0 Å². The molecule has 2 heteroatoms. The molecule has 0 radical (unpaired) electrons. The van der Waals surface area contributed by atoms with Crippen molar-refractivity contribution in [2.24, 2.45) is 11.8 Å². The van der Waals surface area contributed by atoms with Crippen molar-refractivity contribution in [1.29, 1.82) is 0 Å². The quantitative estimate of drug-likeness (QED) is 0.791. The topological polar surface area (TPSA) is 21.3 Å². The van der Waals surface area contributed by atoms with Crippen LogP contribution < -0.4 is 10.1 Å². The van der Waals surface area contributed by atoms with Gasteiger partial charge in [-0.25, -0.2) is 0 Å². The summed E-state index contributed by atoms with van der Waals surface area (Å²) in [6, 6.07) is 8.51. The molecule has 0 aliphatic heterocycles. The van der Waals surface area contributed by atoms with Gasteiger partial charge in [0.25, 0.3) is 0 Å². The lowest BCUT2D eigenvalue weighted by molar-refractivity contribution is 0.296. The molecule has 1 aromatic carbocycles. The molecule has 0 bridgehead atoms. The number of methoxy groups -OCH3 is 1. The third-order valence-corrected chi connectivity index (χ3v) is 4.65. The van der Waals surface area contributed by atoms with E-state index in [1.54, 1.807) is 7.11 Å². The Labute approximate surface area is 123 Å². The molecule has 2 unspecified atom stereocenters. The van der Waals surface area contributed by atoms with Crippen LogP contribution in [0.15, 0.2) is 24.3 Å². The van der Waals surface area contributed by atoms with Crippen molar-refractivity contribution >= 4 is 0 Å². The summed E-state index contributed by atoms with van der Waals surface area (Å²) < 4.78 is 5.52. The molecule has 1 aliphatic rings. The van der Waals surface area contributed by atoms with Crippen LogP contribution in [0.5, 0.6) is 5.75 Å². The van der Waals surface area contributed by atoms with Gasteiger partial charge in [-0.05, 0) is 55.8 Å². The van der Waals surface area contributed by atoms with Gasteiger partial charge in [0.15, 0.2) is 0 Å². The summed E-state index contributed by atoms with van der Waals surface area (Å²) in [5.74, 6) is 2.68. The minimum Gasteiger partial charge on any atom is -0.496 e. The minimum absolute atomic E-state index is 0.799. The van der Waals surface area contributed by atoms with E-state index in [2.05, 4.69) is 36.5 Å². The molecule has 2 rings (SSSR count). The molecule has 0 heterocycles. The van der Waals surface area contributed by atoms with Crippen molar-refractivity contribution in [2.75, 3.05) is 20.2 Å². The number of benzene rings is 1. The maximum absolute atomic E-state index is 5.52. The summed E-state index contributed by atoms with van der Waals surface area (Å²) in [5.41, 5.74) is 1.38. The van der Waals surface area contributed by atoms with Crippen molar-refractivity contribution in [1.82, 2.24) is 5.32 Å². The monoisotopic (exact) mass is 275 g/mol. The van der Waals surface area contributed by atoms with E-state index in [1.807, 2.05) is 0 Å². The van der Waals surface area contributed by atoms with E-state index in [4.69, 9.17) is 4.74 Å². The Balaban J connectivity index is 2.06. The zero-order valence-electron chi connectivity index (χ0n) is 13.0. The maximum Gasteiger partial charge on any atom is 0.122 e. The van der Waals surface area contributed by atoms with Gasteiger partial charge in [0, 0.05) is 0 Å². The molecule has 1 saturated carbocycles. The van der Waals surface area contributed by atoms with Crippen molar-refractivity contribution in [3.63, 3.8) is 0 Å². The molecule has 2 atom stereocenters. The Bertz CT molecular complexity index is 391. The van der Waals surface area contributed by atoms with E-state index in [1.165, 1.54) is 50.6 Å². The second-order valence-corrected chi connectivity index (χ2v) is 5.98. The molecule has 1 N–H and O–H groups in total. The van der Waals surface area contributed by atoms with Crippen molar-refractivity contribution in [3.05, 3.63) is 29.8 Å². The van der Waals surface area contributed by atoms with Gasteiger partial charge in [0.1, 0.15) is 5.75 Å². The summed E-state index contributed by atoms with van der Waals surface area (Å²) in [6.07, 6.45) is 8.12. The molecule has 1 fully saturated rings. The third-order valence-electron chi connectivity index (χ3n) is 4.65. The van der Waals surface area contributed by atoms with E-state index >= 15 is 0 Å². The average molecular weight is 275 g/mol. The average Bonchev–Trinajstić information content (AvgIpc) is 2.71. The molecule has 0 aromatic heterocycles. The highest BCUT2D eigenvalue weighted by Crippen LogP contribution is 2.33. The predicted octanol–water partition coefficient (Wildman–Crippen LogP) is 4.04. The fourth-order valence-corrected chi connectivity index (χ4v) is 3.48. The lowest BCUT2D eigenvalue weighted by atomic mass is 9.83. The minimum atomic E-state index is 0.799. The zero-order chi connectivity index (χ0) is 14.2. The summed E-state index contributed by atoms with van der Waals surface area (Å²) in [6.45, 7) is 4.46. The largest absolute Gasteiger partial charge is 0.496 e. The van der Waals surface area contributed by atoms with Crippen molar-refractivity contribution in [2.45, 2.75) is 45.4 Å². The Kier molecular flexibility index (Phi) is 6.38. The predicted molar refractivity (Wildman–Crippen MR) is 85.3 cm³/mol. The van der Waals surface area contributed by atoms with Crippen LogP contribution in [0, 0.1) is 11.8 Å². The number of para-hydroxylation sites is 1. The van der Waals surface area contributed by atoms with Gasteiger partial charge < -0.3 is 10.1 Å². The van der Waals surface area contributed by atoms with Crippen molar-refractivity contribution < 1.29 is 4.74 Å². The first kappa shape index (κ1) is 15.4. The molecular formula is C18H29NO. The number of ether oxygens (including phenoxy) is 1. The van der Waals surface area contributed by atoms with Crippen LogP contribution in [0.3, 0.4) is 0 Å². The van der Waals surface area contributed by atoms with Crippen LogP contribution in [-0.4, -0.2) is 20.2 Å². The molecule has 1 aliphatic carbocycles. The Morgan fingerprint density at radius 3 is 2.60 bits per heavy atom. The van der Waals surface area contributed by atoms with Gasteiger partial charge in [-0.2, -0.15) is 0 Å². The summed E-state index contributed by atoms with van der Waals surface area (Å²) >= 11 is 0. The summed E-state index contributed by atoms with van der Waals surface area (Å²) in [4.78, 5) is 0. The normalized spacial score (nSPS) is 23.3. The lowest BCUT2D eigenvalue weighted by Gasteiger charge is -2.26. The van der Waals surface area contributed by atoms with Gasteiger partial charge in [-0.15, -0.1) is 0 Å². The molecule has 0 spiro atoms. The molecule has 20 heavy (non-hydrogen) atoms. The van der Waals surface area contributed by atoms with E-state index in [0.717, 1.165) is 24.1 Å².